The molecule has 1 N–H and O–H groups in total. The largest absolute Gasteiger partial charge is 0.442 e. The van der Waals surface area contributed by atoms with Crippen LogP contribution in [0.15, 0.2) is 22.9 Å². The van der Waals surface area contributed by atoms with Crippen LogP contribution in [0.5, 0.6) is 0 Å². The molecule has 1 amide bonds. The second kappa shape index (κ2) is 8.47. The highest BCUT2D eigenvalue weighted by molar-refractivity contribution is 9.10. The van der Waals surface area contributed by atoms with Crippen molar-refractivity contribution in [2.24, 2.45) is 0 Å². The number of halogens is 1. The molecule has 0 aromatic carbocycles. The normalized spacial score (nSPS) is 12.5. The molecule has 9 heteroatoms. The summed E-state index contributed by atoms with van der Waals surface area (Å²) in [4.78, 5) is 26.1. The van der Waals surface area contributed by atoms with Gasteiger partial charge in [-0.1, -0.05) is 0 Å². The lowest BCUT2D eigenvalue weighted by molar-refractivity contribution is 0.0215. The number of imidazole rings is 1. The maximum atomic E-state index is 12.4. The Labute approximate surface area is 184 Å². The first-order valence-electron chi connectivity index (χ1n) is 9.87. The summed E-state index contributed by atoms with van der Waals surface area (Å²) in [7, 11) is 0. The Kier molecular flexibility index (Phi) is 6.33. The second-order valence-electron chi connectivity index (χ2n) is 8.79. The molecular formula is C21H28BrN5O3. The van der Waals surface area contributed by atoms with Crippen molar-refractivity contribution in [3.63, 3.8) is 0 Å². The zero-order valence-electron chi connectivity index (χ0n) is 18.2. The van der Waals surface area contributed by atoms with E-state index >= 15 is 0 Å². The van der Waals surface area contributed by atoms with Gasteiger partial charge in [-0.15, -0.1) is 0 Å². The van der Waals surface area contributed by atoms with E-state index in [-0.39, 0.29) is 5.54 Å². The van der Waals surface area contributed by atoms with Gasteiger partial charge in [-0.25, -0.2) is 9.78 Å². The van der Waals surface area contributed by atoms with Crippen LogP contribution in [0, 0.1) is 0 Å². The molecule has 0 aliphatic carbocycles. The third-order valence-electron chi connectivity index (χ3n) is 4.28. The summed E-state index contributed by atoms with van der Waals surface area (Å²) in [6.45, 7) is 12.7. The van der Waals surface area contributed by atoms with Gasteiger partial charge >= 0.3 is 6.09 Å². The number of nitrogens with zero attached hydrogens (tertiary/aromatic N) is 4. The maximum absolute atomic E-state index is 12.4. The SMILES string of the molecule is CCOCc1nc2cnc3cc(Br)cnc3c2n1CC(C)(C)OC(=O)NC(C)(C)C. The molecule has 8 nitrogen and oxygen atoms in total. The van der Waals surface area contributed by atoms with Crippen LogP contribution >= 0.6 is 15.9 Å². The van der Waals surface area contributed by atoms with Crippen LogP contribution in [0.2, 0.25) is 0 Å². The molecule has 0 fully saturated rings. The minimum absolute atomic E-state index is 0.341. The van der Waals surface area contributed by atoms with E-state index in [1.807, 2.05) is 52.2 Å². The molecule has 0 unspecified atom stereocenters. The number of hydrogen-bond donors (Lipinski definition) is 1. The molecule has 0 atom stereocenters. The highest BCUT2D eigenvalue weighted by Crippen LogP contribution is 2.27. The van der Waals surface area contributed by atoms with Crippen LogP contribution in [-0.4, -0.2) is 43.4 Å². The van der Waals surface area contributed by atoms with E-state index in [0.717, 1.165) is 32.4 Å². The molecule has 0 aliphatic heterocycles. The van der Waals surface area contributed by atoms with E-state index in [0.29, 0.717) is 19.8 Å². The van der Waals surface area contributed by atoms with E-state index in [9.17, 15) is 4.79 Å². The number of carbonyl (C=O) groups excluding carboxylic acids is 1. The van der Waals surface area contributed by atoms with Crippen LogP contribution in [0.25, 0.3) is 22.1 Å². The maximum Gasteiger partial charge on any atom is 0.408 e. The fourth-order valence-electron chi connectivity index (χ4n) is 3.17. The molecule has 0 aliphatic rings. The summed E-state index contributed by atoms with van der Waals surface area (Å²) in [6.07, 6.45) is 3.01. The highest BCUT2D eigenvalue weighted by atomic mass is 79.9. The quantitative estimate of drug-likeness (QED) is 0.558. The Morgan fingerprint density at radius 2 is 1.90 bits per heavy atom. The summed E-state index contributed by atoms with van der Waals surface area (Å²) in [5, 5.41) is 2.84. The van der Waals surface area contributed by atoms with Crippen molar-refractivity contribution in [2.45, 2.75) is 65.8 Å². The summed E-state index contributed by atoms with van der Waals surface area (Å²) in [5.41, 5.74) is 1.88. The first kappa shape index (κ1) is 22.4. The number of carbonyl (C=O) groups is 1. The molecule has 3 aromatic rings. The molecule has 0 saturated carbocycles. The third kappa shape index (κ3) is 5.26. The summed E-state index contributed by atoms with van der Waals surface area (Å²) >= 11 is 3.44. The number of pyridine rings is 2. The van der Waals surface area contributed by atoms with Crippen molar-refractivity contribution in [1.82, 2.24) is 24.8 Å². The molecule has 3 rings (SSSR count). The number of amides is 1. The average Bonchev–Trinajstić information content (AvgIpc) is 2.94. The summed E-state index contributed by atoms with van der Waals surface area (Å²) in [5.74, 6) is 0.735. The Balaban J connectivity index is 2.04. The topological polar surface area (TPSA) is 91.2 Å². The van der Waals surface area contributed by atoms with Gasteiger partial charge in [-0.2, -0.15) is 0 Å². The number of alkyl carbamates (subject to hydrolysis) is 1. The van der Waals surface area contributed by atoms with Gasteiger partial charge < -0.3 is 19.4 Å². The fourth-order valence-corrected chi connectivity index (χ4v) is 3.49. The van der Waals surface area contributed by atoms with Crippen LogP contribution in [0.4, 0.5) is 4.79 Å². The molecule has 3 heterocycles. The summed E-state index contributed by atoms with van der Waals surface area (Å²) < 4.78 is 14.2. The van der Waals surface area contributed by atoms with Gasteiger partial charge in [-0.3, -0.25) is 9.97 Å². The van der Waals surface area contributed by atoms with Crippen molar-refractivity contribution in [3.8, 4) is 0 Å². The fraction of sp³-hybridized carbons (Fsp3) is 0.524. The number of ether oxygens (including phenoxy) is 2. The Hall–Kier alpha value is -2.26. The summed E-state index contributed by atoms with van der Waals surface area (Å²) in [6, 6.07) is 1.92. The van der Waals surface area contributed by atoms with Crippen LogP contribution < -0.4 is 5.32 Å². The number of aromatic nitrogens is 4. The van der Waals surface area contributed by atoms with E-state index < -0.39 is 11.7 Å². The number of fused-ring (bicyclic) bond motifs is 3. The van der Waals surface area contributed by atoms with Crippen LogP contribution in [0.3, 0.4) is 0 Å². The van der Waals surface area contributed by atoms with Crippen LogP contribution in [-0.2, 0) is 22.6 Å². The molecule has 162 valence electrons. The van der Waals surface area contributed by atoms with E-state index in [2.05, 4.69) is 31.2 Å². The van der Waals surface area contributed by atoms with Gasteiger partial charge in [0.2, 0.25) is 0 Å². The lowest BCUT2D eigenvalue weighted by atomic mass is 10.1. The molecule has 0 saturated heterocycles. The molecule has 30 heavy (non-hydrogen) atoms. The van der Waals surface area contributed by atoms with Crippen molar-refractivity contribution < 1.29 is 14.3 Å². The molecule has 0 spiro atoms. The molecule has 0 radical (unpaired) electrons. The Morgan fingerprint density at radius 3 is 2.57 bits per heavy atom. The Morgan fingerprint density at radius 1 is 1.17 bits per heavy atom. The minimum Gasteiger partial charge on any atom is -0.442 e. The third-order valence-corrected chi connectivity index (χ3v) is 4.71. The first-order valence-corrected chi connectivity index (χ1v) is 10.7. The van der Waals surface area contributed by atoms with Gasteiger partial charge in [0.1, 0.15) is 29.1 Å². The average molecular weight is 478 g/mol. The lowest BCUT2D eigenvalue weighted by Crippen LogP contribution is -2.45. The monoisotopic (exact) mass is 477 g/mol. The smallest absolute Gasteiger partial charge is 0.408 e. The Bertz CT molecular complexity index is 1070. The number of nitrogens with one attached hydrogen (secondary N) is 1. The van der Waals surface area contributed by atoms with Gasteiger partial charge in [0.05, 0.1) is 23.8 Å². The van der Waals surface area contributed by atoms with Gasteiger partial charge in [-0.05, 0) is 63.5 Å². The van der Waals surface area contributed by atoms with E-state index in [1.54, 1.807) is 12.4 Å². The predicted molar refractivity (Wildman–Crippen MR) is 119 cm³/mol. The standard InChI is InChI=1S/C21H28BrN5O3/c1-7-29-11-16-25-15-10-23-14-8-13(22)9-24-17(14)18(15)27(16)12-21(5,6)30-19(28)26-20(2,3)4/h8-10H,7,11-12H2,1-6H3,(H,26,28). The second-order valence-corrected chi connectivity index (χ2v) is 9.70. The first-order chi connectivity index (χ1) is 14.0. The van der Waals surface area contributed by atoms with Crippen molar-refractivity contribution in [1.29, 1.82) is 0 Å². The zero-order valence-corrected chi connectivity index (χ0v) is 19.8. The minimum atomic E-state index is -0.797. The van der Waals surface area contributed by atoms with Gasteiger partial charge in [0, 0.05) is 22.8 Å². The van der Waals surface area contributed by atoms with Crippen LogP contribution in [0.1, 0.15) is 47.4 Å². The zero-order chi connectivity index (χ0) is 22.1. The van der Waals surface area contributed by atoms with Gasteiger partial charge in [0.15, 0.2) is 0 Å². The van der Waals surface area contributed by atoms with Crippen molar-refractivity contribution in [3.05, 3.63) is 28.8 Å². The predicted octanol–water partition coefficient (Wildman–Crippen LogP) is 4.58. The highest BCUT2D eigenvalue weighted by Gasteiger charge is 2.28. The van der Waals surface area contributed by atoms with E-state index in [4.69, 9.17) is 14.5 Å². The molecule has 0 bridgehead atoms. The van der Waals surface area contributed by atoms with Gasteiger partial charge in [0.25, 0.3) is 0 Å². The van der Waals surface area contributed by atoms with Crippen molar-refractivity contribution >= 4 is 44.1 Å². The lowest BCUT2D eigenvalue weighted by Gasteiger charge is -2.29. The van der Waals surface area contributed by atoms with Crippen molar-refractivity contribution in [2.75, 3.05) is 6.61 Å². The number of hydrogen-bond acceptors (Lipinski definition) is 6. The number of rotatable bonds is 6. The van der Waals surface area contributed by atoms with E-state index in [1.165, 1.54) is 0 Å². The molecule has 3 aromatic heterocycles. The molecular weight excluding hydrogens is 450 g/mol.